The van der Waals surface area contributed by atoms with E-state index in [0.717, 1.165) is 22.6 Å². The fourth-order valence-electron chi connectivity index (χ4n) is 3.41. The molecule has 1 amide bonds. The van der Waals surface area contributed by atoms with Gasteiger partial charge in [-0.3, -0.25) is 9.59 Å². The largest absolute Gasteiger partial charge is 0.352 e. The van der Waals surface area contributed by atoms with E-state index in [4.69, 9.17) is 0 Å². The lowest BCUT2D eigenvalue weighted by Crippen LogP contribution is -2.49. The molecule has 0 spiro atoms. The molecule has 4 rings (SSSR count). The van der Waals surface area contributed by atoms with Crippen LogP contribution in [0, 0.1) is 6.92 Å². The smallest absolute Gasteiger partial charge is 0.274 e. The molecule has 0 N–H and O–H groups in total. The molecule has 8 heteroatoms. The Kier molecular flexibility index (Phi) is 5.07. The van der Waals surface area contributed by atoms with Gasteiger partial charge in [-0.05, 0) is 30.7 Å². The Balaban J connectivity index is 1.42. The molecule has 1 fully saturated rings. The van der Waals surface area contributed by atoms with Gasteiger partial charge in [-0.1, -0.05) is 24.3 Å². The number of hydrogen-bond acceptors (Lipinski definition) is 6. The fourth-order valence-corrected chi connectivity index (χ4v) is 3.41. The molecule has 0 unspecified atom stereocenters. The molecule has 3 heterocycles. The number of piperazine rings is 1. The molecule has 0 saturated carbocycles. The summed E-state index contributed by atoms with van der Waals surface area (Å²) in [4.78, 5) is 28.0. The van der Waals surface area contributed by atoms with E-state index in [1.165, 1.54) is 23.9 Å². The molecule has 8 nitrogen and oxygen atoms in total. The summed E-state index contributed by atoms with van der Waals surface area (Å²) in [5.41, 5.74) is 3.13. The van der Waals surface area contributed by atoms with Gasteiger partial charge in [0.25, 0.3) is 11.5 Å². The van der Waals surface area contributed by atoms with Crippen LogP contribution in [0.2, 0.25) is 0 Å². The first-order valence-corrected chi connectivity index (χ1v) is 9.51. The highest BCUT2D eigenvalue weighted by Gasteiger charge is 2.24. The molecule has 2 aromatic heterocycles. The predicted molar refractivity (Wildman–Crippen MR) is 110 cm³/mol. The molecule has 1 saturated heterocycles. The SMILES string of the molecule is Cc1ccccc1-c1ccc(N2CCN(C(=O)c3ccc(=O)n(C)n3)CC2)nn1. The minimum Gasteiger partial charge on any atom is -0.352 e. The molecule has 1 aliphatic rings. The summed E-state index contributed by atoms with van der Waals surface area (Å²) in [5.74, 6) is 0.635. The molecule has 3 aromatic rings. The van der Waals surface area contributed by atoms with E-state index >= 15 is 0 Å². The van der Waals surface area contributed by atoms with E-state index in [1.807, 2.05) is 30.3 Å². The third-order valence-electron chi connectivity index (χ3n) is 5.14. The molecule has 1 aliphatic heterocycles. The summed E-state index contributed by atoms with van der Waals surface area (Å²) in [5, 5.41) is 12.8. The fraction of sp³-hybridized carbons (Fsp3) is 0.286. The van der Waals surface area contributed by atoms with Crippen molar-refractivity contribution in [3.63, 3.8) is 0 Å². The van der Waals surface area contributed by atoms with Crippen molar-refractivity contribution in [3.8, 4) is 11.3 Å². The van der Waals surface area contributed by atoms with E-state index < -0.39 is 0 Å². The maximum absolute atomic E-state index is 12.6. The minimum atomic E-state index is -0.237. The molecule has 0 aliphatic carbocycles. The van der Waals surface area contributed by atoms with E-state index in [9.17, 15) is 9.59 Å². The van der Waals surface area contributed by atoms with Crippen LogP contribution in [0.1, 0.15) is 16.1 Å². The Morgan fingerprint density at radius 3 is 2.34 bits per heavy atom. The monoisotopic (exact) mass is 390 g/mol. The van der Waals surface area contributed by atoms with Crippen molar-refractivity contribution in [1.82, 2.24) is 24.9 Å². The number of hydrogen-bond donors (Lipinski definition) is 0. The third kappa shape index (κ3) is 3.87. The first kappa shape index (κ1) is 18.8. The van der Waals surface area contributed by atoms with Gasteiger partial charge < -0.3 is 9.80 Å². The van der Waals surface area contributed by atoms with Gasteiger partial charge in [0, 0.05) is 44.9 Å². The number of nitrogens with zero attached hydrogens (tertiary/aromatic N) is 6. The van der Waals surface area contributed by atoms with Crippen molar-refractivity contribution < 1.29 is 4.79 Å². The Morgan fingerprint density at radius 2 is 1.69 bits per heavy atom. The van der Waals surface area contributed by atoms with Crippen molar-refractivity contribution in [2.24, 2.45) is 7.05 Å². The summed E-state index contributed by atoms with van der Waals surface area (Å²) < 4.78 is 1.18. The van der Waals surface area contributed by atoms with Crippen LogP contribution in [0.3, 0.4) is 0 Å². The van der Waals surface area contributed by atoms with E-state index in [1.54, 1.807) is 4.90 Å². The van der Waals surface area contributed by atoms with Gasteiger partial charge in [-0.25, -0.2) is 4.68 Å². The second-order valence-corrected chi connectivity index (χ2v) is 7.05. The Bertz CT molecular complexity index is 1080. The van der Waals surface area contributed by atoms with Crippen molar-refractivity contribution in [1.29, 1.82) is 0 Å². The highest BCUT2D eigenvalue weighted by Crippen LogP contribution is 2.22. The average molecular weight is 390 g/mol. The lowest BCUT2D eigenvalue weighted by Gasteiger charge is -2.35. The van der Waals surface area contributed by atoms with E-state index in [-0.39, 0.29) is 17.2 Å². The van der Waals surface area contributed by atoms with Gasteiger partial charge in [-0.2, -0.15) is 5.10 Å². The molecule has 148 valence electrons. The molecule has 1 aromatic carbocycles. The number of carbonyl (C=O) groups excluding carboxylic acids is 1. The van der Waals surface area contributed by atoms with Gasteiger partial charge >= 0.3 is 0 Å². The standard InChI is InChI=1S/C21H22N6O2/c1-15-5-3-4-6-16(15)17-7-9-19(23-22-17)26-11-13-27(14-12-26)21(29)18-8-10-20(28)25(2)24-18/h3-10H,11-14H2,1-2H3. The van der Waals surface area contributed by atoms with Gasteiger partial charge in [0.15, 0.2) is 5.82 Å². The summed E-state index contributed by atoms with van der Waals surface area (Å²) in [6, 6.07) is 14.9. The zero-order valence-electron chi connectivity index (χ0n) is 16.4. The van der Waals surface area contributed by atoms with Gasteiger partial charge in [0.05, 0.1) is 5.69 Å². The average Bonchev–Trinajstić information content (AvgIpc) is 2.76. The highest BCUT2D eigenvalue weighted by atomic mass is 16.2. The lowest BCUT2D eigenvalue weighted by atomic mass is 10.1. The van der Waals surface area contributed by atoms with Gasteiger partial charge in [0.1, 0.15) is 5.69 Å². The normalized spacial score (nSPS) is 14.1. The van der Waals surface area contributed by atoms with Crippen molar-refractivity contribution >= 4 is 11.7 Å². The Hall–Kier alpha value is -3.55. The number of carbonyl (C=O) groups is 1. The predicted octanol–water partition coefficient (Wildman–Crippen LogP) is 1.51. The van der Waals surface area contributed by atoms with Crippen molar-refractivity contribution in [2.45, 2.75) is 6.92 Å². The molecule has 29 heavy (non-hydrogen) atoms. The van der Waals surface area contributed by atoms with Crippen LogP contribution in [-0.2, 0) is 7.05 Å². The van der Waals surface area contributed by atoms with Gasteiger partial charge in [0.2, 0.25) is 0 Å². The molecular weight excluding hydrogens is 368 g/mol. The van der Waals surface area contributed by atoms with E-state index in [2.05, 4.69) is 33.2 Å². The second kappa shape index (κ2) is 7.83. The summed E-state index contributed by atoms with van der Waals surface area (Å²) in [6.07, 6.45) is 0. The topological polar surface area (TPSA) is 84.2 Å². The van der Waals surface area contributed by atoms with Crippen LogP contribution in [-0.4, -0.2) is 57.0 Å². The number of benzene rings is 1. The van der Waals surface area contributed by atoms with Crippen molar-refractivity contribution in [2.75, 3.05) is 31.1 Å². The van der Waals surface area contributed by atoms with Crippen molar-refractivity contribution in [3.05, 3.63) is 70.1 Å². The minimum absolute atomic E-state index is 0.166. The Labute approximate surface area is 168 Å². The van der Waals surface area contributed by atoms with Crippen LogP contribution in [0.4, 0.5) is 5.82 Å². The first-order chi connectivity index (χ1) is 14.0. The zero-order valence-corrected chi connectivity index (χ0v) is 16.4. The molecule has 0 radical (unpaired) electrons. The molecule has 0 atom stereocenters. The number of aryl methyl sites for hydroxylation is 2. The summed E-state index contributed by atoms with van der Waals surface area (Å²) in [6.45, 7) is 4.50. The number of anilines is 1. The van der Waals surface area contributed by atoms with Gasteiger partial charge in [-0.15, -0.1) is 10.2 Å². The third-order valence-corrected chi connectivity index (χ3v) is 5.14. The second-order valence-electron chi connectivity index (χ2n) is 7.05. The maximum atomic E-state index is 12.6. The van der Waals surface area contributed by atoms with Crippen LogP contribution < -0.4 is 10.5 Å². The van der Waals surface area contributed by atoms with Crippen LogP contribution in [0.25, 0.3) is 11.3 Å². The van der Waals surface area contributed by atoms with Crippen LogP contribution in [0.15, 0.2) is 53.3 Å². The Morgan fingerprint density at radius 1 is 0.931 bits per heavy atom. The number of aromatic nitrogens is 4. The maximum Gasteiger partial charge on any atom is 0.274 e. The number of rotatable bonds is 3. The molecule has 0 bridgehead atoms. The van der Waals surface area contributed by atoms with Crippen LogP contribution in [0.5, 0.6) is 0 Å². The molecular formula is C21H22N6O2. The summed E-state index contributed by atoms with van der Waals surface area (Å²) in [7, 11) is 1.54. The first-order valence-electron chi connectivity index (χ1n) is 9.51. The summed E-state index contributed by atoms with van der Waals surface area (Å²) >= 11 is 0. The van der Waals surface area contributed by atoms with Crippen LogP contribution >= 0.6 is 0 Å². The quantitative estimate of drug-likeness (QED) is 0.674. The lowest BCUT2D eigenvalue weighted by molar-refractivity contribution is 0.0738. The zero-order chi connectivity index (χ0) is 20.4. The number of amides is 1. The van der Waals surface area contributed by atoms with E-state index in [0.29, 0.717) is 26.2 Å². The highest BCUT2D eigenvalue weighted by molar-refractivity contribution is 5.92.